The molecule has 5 heteroatoms. The van der Waals surface area contributed by atoms with Crippen LogP contribution in [0, 0.1) is 5.41 Å². The summed E-state index contributed by atoms with van der Waals surface area (Å²) < 4.78 is 0. The average molecular weight is 386 g/mol. The Hall–Kier alpha value is -3.47. The lowest BCUT2D eigenvalue weighted by Gasteiger charge is -2.07. The van der Waals surface area contributed by atoms with Gasteiger partial charge in [0.05, 0.1) is 6.21 Å². The molecule has 0 atom stereocenters. The van der Waals surface area contributed by atoms with E-state index in [1.54, 1.807) is 13.3 Å². The van der Waals surface area contributed by atoms with E-state index in [4.69, 9.17) is 11.1 Å². The highest BCUT2D eigenvalue weighted by Crippen LogP contribution is 2.28. The molecule has 1 aliphatic rings. The molecule has 0 spiro atoms. The molecule has 3 rings (SSSR count). The molecule has 0 amide bonds. The Balaban J connectivity index is 1.81. The van der Waals surface area contributed by atoms with Gasteiger partial charge in [-0.25, -0.2) is 0 Å². The molecule has 4 N–H and O–H groups in total. The smallest absolute Gasteiger partial charge is 0.159 e. The number of hydrogen-bond donors (Lipinski definition) is 3. The fraction of sp³-hybridized carbons (Fsp3) is 0.208. The molecule has 29 heavy (non-hydrogen) atoms. The van der Waals surface area contributed by atoms with E-state index in [9.17, 15) is 4.79 Å². The largest absolute Gasteiger partial charge is 0.384 e. The van der Waals surface area contributed by atoms with E-state index in [-0.39, 0.29) is 11.6 Å². The van der Waals surface area contributed by atoms with Crippen molar-refractivity contribution in [3.8, 4) is 0 Å². The van der Waals surface area contributed by atoms with Gasteiger partial charge in [0.2, 0.25) is 0 Å². The van der Waals surface area contributed by atoms with Gasteiger partial charge in [0.25, 0.3) is 0 Å². The van der Waals surface area contributed by atoms with Crippen LogP contribution in [0.2, 0.25) is 0 Å². The molecular formula is C24H26N4O. The van der Waals surface area contributed by atoms with Crippen molar-refractivity contribution in [1.82, 2.24) is 5.43 Å². The summed E-state index contributed by atoms with van der Waals surface area (Å²) in [6, 6.07) is 15.6. The topological polar surface area (TPSA) is 91.3 Å². The number of amidine groups is 1. The third-order valence-electron chi connectivity index (χ3n) is 4.89. The molecule has 0 radical (unpaired) electrons. The highest BCUT2D eigenvalue weighted by Gasteiger charge is 2.16. The van der Waals surface area contributed by atoms with E-state index in [1.165, 1.54) is 5.57 Å². The molecule has 0 aliphatic heterocycles. The molecule has 0 bridgehead atoms. The van der Waals surface area contributed by atoms with Gasteiger partial charge in [-0.15, -0.1) is 0 Å². The molecule has 1 fully saturated rings. The minimum Gasteiger partial charge on any atom is -0.384 e. The van der Waals surface area contributed by atoms with Crippen molar-refractivity contribution in [1.29, 1.82) is 5.41 Å². The van der Waals surface area contributed by atoms with E-state index in [1.807, 2.05) is 54.6 Å². The van der Waals surface area contributed by atoms with Crippen LogP contribution >= 0.6 is 0 Å². The number of Topliss-reactive ketones (excluding diaryl/α,β-unsaturated/α-hetero) is 1. The van der Waals surface area contributed by atoms with Crippen LogP contribution in [0.4, 0.5) is 0 Å². The Kier molecular flexibility index (Phi) is 6.74. The second-order valence-electron chi connectivity index (χ2n) is 7.11. The molecule has 0 heterocycles. The minimum atomic E-state index is 0.0673. The number of ketones is 1. The summed E-state index contributed by atoms with van der Waals surface area (Å²) in [5.74, 6) is 0.291. The summed E-state index contributed by atoms with van der Waals surface area (Å²) >= 11 is 0. The van der Waals surface area contributed by atoms with Crippen LogP contribution in [0.5, 0.6) is 0 Å². The first-order chi connectivity index (χ1) is 14.0. The van der Waals surface area contributed by atoms with Crippen LogP contribution in [0.1, 0.15) is 47.9 Å². The SMILES string of the molecule is CNN=Cc1ccc(/C=C2\CC(=Cc3ccc(C(=N)N)cc3)CCCC2=O)cc1. The number of carbonyl (C=O) groups excluding carboxylic acids is 1. The molecule has 0 unspecified atom stereocenters. The molecule has 2 aromatic carbocycles. The Morgan fingerprint density at radius 2 is 1.62 bits per heavy atom. The van der Waals surface area contributed by atoms with Crippen molar-refractivity contribution in [2.75, 3.05) is 7.05 Å². The van der Waals surface area contributed by atoms with Gasteiger partial charge in [-0.2, -0.15) is 5.10 Å². The van der Waals surface area contributed by atoms with Gasteiger partial charge in [0, 0.05) is 19.0 Å². The zero-order valence-corrected chi connectivity index (χ0v) is 16.6. The molecule has 5 nitrogen and oxygen atoms in total. The Morgan fingerprint density at radius 3 is 2.28 bits per heavy atom. The highest BCUT2D eigenvalue weighted by atomic mass is 16.1. The van der Waals surface area contributed by atoms with E-state index >= 15 is 0 Å². The molecule has 1 aliphatic carbocycles. The fourth-order valence-electron chi connectivity index (χ4n) is 3.34. The standard InChI is InChI=1S/C24H26N4O/c1-27-28-16-19-7-5-18(6-8-19)14-22-15-20(3-2-4-23(22)29)13-17-9-11-21(12-10-17)24(25)26/h5-14,16,27H,2-4,15H2,1H3,(H3,25,26)/b20-13?,22-14+,28-16?. The number of hydrogen-bond acceptors (Lipinski definition) is 4. The maximum absolute atomic E-state index is 12.6. The van der Waals surface area contributed by atoms with Gasteiger partial charge in [0.1, 0.15) is 5.84 Å². The van der Waals surface area contributed by atoms with Gasteiger partial charge in [-0.1, -0.05) is 60.2 Å². The average Bonchev–Trinajstić information content (AvgIpc) is 2.89. The lowest BCUT2D eigenvalue weighted by Crippen LogP contribution is -2.10. The lowest BCUT2D eigenvalue weighted by molar-refractivity contribution is -0.115. The third-order valence-corrected chi connectivity index (χ3v) is 4.89. The number of nitrogens with two attached hydrogens (primary N) is 1. The van der Waals surface area contributed by atoms with Gasteiger partial charge < -0.3 is 11.2 Å². The van der Waals surface area contributed by atoms with Crippen LogP contribution < -0.4 is 11.2 Å². The first-order valence-corrected chi connectivity index (χ1v) is 9.72. The van der Waals surface area contributed by atoms with Gasteiger partial charge in [-0.3, -0.25) is 10.2 Å². The number of nitrogens with one attached hydrogen (secondary N) is 2. The number of benzene rings is 2. The minimum absolute atomic E-state index is 0.0673. The van der Waals surface area contributed by atoms with E-state index in [2.05, 4.69) is 16.6 Å². The maximum Gasteiger partial charge on any atom is 0.159 e. The van der Waals surface area contributed by atoms with E-state index in [0.29, 0.717) is 18.4 Å². The zero-order valence-electron chi connectivity index (χ0n) is 16.6. The quantitative estimate of drug-likeness (QED) is 0.237. The highest BCUT2D eigenvalue weighted by molar-refractivity contribution is 6.00. The fourth-order valence-corrected chi connectivity index (χ4v) is 3.34. The number of rotatable bonds is 5. The third kappa shape index (κ3) is 5.75. The second kappa shape index (κ2) is 9.64. The van der Waals surface area contributed by atoms with E-state index < -0.39 is 0 Å². The molecule has 148 valence electrons. The van der Waals surface area contributed by atoms with Crippen LogP contribution in [-0.2, 0) is 4.79 Å². The Bertz CT molecular complexity index is 967. The maximum atomic E-state index is 12.6. The molecule has 2 aromatic rings. The summed E-state index contributed by atoms with van der Waals surface area (Å²) in [6.45, 7) is 0. The number of allylic oxidation sites excluding steroid dienone is 2. The Morgan fingerprint density at radius 1 is 1.00 bits per heavy atom. The monoisotopic (exact) mass is 386 g/mol. The normalized spacial score (nSPS) is 17.6. The van der Waals surface area contributed by atoms with Crippen molar-refractivity contribution < 1.29 is 4.79 Å². The zero-order chi connectivity index (χ0) is 20.6. The van der Waals surface area contributed by atoms with Crippen molar-refractivity contribution in [3.63, 3.8) is 0 Å². The predicted molar refractivity (Wildman–Crippen MR) is 120 cm³/mol. The molecule has 1 saturated carbocycles. The summed E-state index contributed by atoms with van der Waals surface area (Å²) in [5, 5.41) is 11.5. The van der Waals surface area contributed by atoms with Gasteiger partial charge >= 0.3 is 0 Å². The number of carbonyl (C=O) groups is 1. The van der Waals surface area contributed by atoms with Crippen LogP contribution in [0.25, 0.3) is 12.2 Å². The van der Waals surface area contributed by atoms with Gasteiger partial charge in [0.15, 0.2) is 5.78 Å². The lowest BCUT2D eigenvalue weighted by atomic mass is 9.98. The second-order valence-corrected chi connectivity index (χ2v) is 7.11. The number of nitrogen functional groups attached to an aromatic ring is 1. The van der Waals surface area contributed by atoms with Crippen LogP contribution in [0.15, 0.2) is 64.8 Å². The van der Waals surface area contributed by atoms with Crippen molar-refractivity contribution in [3.05, 3.63) is 81.9 Å². The van der Waals surface area contributed by atoms with Crippen molar-refractivity contribution in [2.45, 2.75) is 25.7 Å². The molecule has 0 saturated heterocycles. The summed E-state index contributed by atoms with van der Waals surface area (Å²) in [5.41, 5.74) is 14.1. The Labute approximate surface area is 171 Å². The predicted octanol–water partition coefficient (Wildman–Crippen LogP) is 4.13. The van der Waals surface area contributed by atoms with Crippen molar-refractivity contribution >= 4 is 30.0 Å². The van der Waals surface area contributed by atoms with Crippen LogP contribution in [0.3, 0.4) is 0 Å². The van der Waals surface area contributed by atoms with E-state index in [0.717, 1.165) is 35.1 Å². The first-order valence-electron chi connectivity index (χ1n) is 9.72. The molecule has 0 aromatic heterocycles. The van der Waals surface area contributed by atoms with Gasteiger partial charge in [-0.05, 0) is 47.6 Å². The first kappa shape index (κ1) is 20.3. The van der Waals surface area contributed by atoms with Crippen LogP contribution in [-0.4, -0.2) is 24.9 Å². The number of nitrogens with zero attached hydrogens (tertiary/aromatic N) is 1. The number of hydrazone groups is 1. The molecular weight excluding hydrogens is 360 g/mol. The summed E-state index contributed by atoms with van der Waals surface area (Å²) in [6.07, 6.45) is 8.93. The summed E-state index contributed by atoms with van der Waals surface area (Å²) in [4.78, 5) is 12.6. The van der Waals surface area contributed by atoms with Crippen molar-refractivity contribution in [2.24, 2.45) is 10.8 Å². The summed E-state index contributed by atoms with van der Waals surface area (Å²) in [7, 11) is 1.76.